The van der Waals surface area contributed by atoms with E-state index in [1.165, 1.54) is 12.8 Å². The molecule has 1 N–H and O–H groups in total. The first-order chi connectivity index (χ1) is 5.61. The molecular formula is C9H16BrNO. The second-order valence-electron chi connectivity index (χ2n) is 3.72. The third kappa shape index (κ3) is 2.47. The second kappa shape index (κ2) is 4.26. The summed E-state index contributed by atoms with van der Waals surface area (Å²) in [6, 6.07) is 0.361. The smallest absolute Gasteiger partial charge is 0.222 e. The van der Waals surface area contributed by atoms with Crippen LogP contribution in [0.4, 0.5) is 0 Å². The maximum absolute atomic E-state index is 11.3. The van der Waals surface area contributed by atoms with Crippen molar-refractivity contribution in [1.29, 1.82) is 0 Å². The van der Waals surface area contributed by atoms with Gasteiger partial charge in [0.25, 0.3) is 0 Å². The number of hydrogen-bond donors (Lipinski definition) is 1. The first-order valence-corrected chi connectivity index (χ1v) is 5.47. The number of nitrogens with one attached hydrogen (secondary N) is 1. The fourth-order valence-electron chi connectivity index (χ4n) is 1.43. The molecule has 0 spiro atoms. The molecule has 1 aliphatic carbocycles. The molecule has 1 rings (SSSR count). The van der Waals surface area contributed by atoms with Crippen molar-refractivity contribution in [2.24, 2.45) is 5.92 Å². The topological polar surface area (TPSA) is 29.1 Å². The average molecular weight is 234 g/mol. The lowest BCUT2D eigenvalue weighted by Crippen LogP contribution is -2.39. The van der Waals surface area contributed by atoms with Crippen LogP contribution in [-0.4, -0.2) is 16.8 Å². The predicted molar refractivity (Wildman–Crippen MR) is 53.3 cm³/mol. The molecule has 2 unspecified atom stereocenters. The molecule has 1 saturated carbocycles. The van der Waals surface area contributed by atoms with Crippen molar-refractivity contribution >= 4 is 21.8 Å². The molecule has 3 heteroatoms. The van der Waals surface area contributed by atoms with Crippen molar-refractivity contribution in [1.82, 2.24) is 5.32 Å². The quantitative estimate of drug-likeness (QED) is 0.728. The van der Waals surface area contributed by atoms with Crippen LogP contribution in [0.2, 0.25) is 0 Å². The molecule has 2 atom stereocenters. The number of amides is 1. The molecule has 1 fully saturated rings. The van der Waals surface area contributed by atoms with Crippen molar-refractivity contribution in [3.8, 4) is 0 Å². The summed E-state index contributed by atoms with van der Waals surface area (Å²) < 4.78 is 0. The van der Waals surface area contributed by atoms with Gasteiger partial charge in [-0.3, -0.25) is 4.79 Å². The Bertz CT molecular complexity index is 170. The van der Waals surface area contributed by atoms with Gasteiger partial charge in [0.1, 0.15) is 0 Å². The maximum Gasteiger partial charge on any atom is 0.222 e. The SMILES string of the molecule is CC(C)C(=O)NC1CCCC1Br. The molecule has 0 saturated heterocycles. The highest BCUT2D eigenvalue weighted by atomic mass is 79.9. The van der Waals surface area contributed by atoms with Crippen molar-refractivity contribution < 1.29 is 4.79 Å². The van der Waals surface area contributed by atoms with Crippen LogP contribution < -0.4 is 5.32 Å². The molecule has 0 aliphatic heterocycles. The van der Waals surface area contributed by atoms with Crippen LogP contribution in [-0.2, 0) is 4.79 Å². The van der Waals surface area contributed by atoms with E-state index < -0.39 is 0 Å². The Hall–Kier alpha value is -0.0500. The lowest BCUT2D eigenvalue weighted by Gasteiger charge is -2.17. The van der Waals surface area contributed by atoms with Gasteiger partial charge >= 0.3 is 0 Å². The van der Waals surface area contributed by atoms with Crippen LogP contribution >= 0.6 is 15.9 Å². The Labute approximate surface area is 82.2 Å². The highest BCUT2D eigenvalue weighted by Gasteiger charge is 2.26. The molecule has 1 amide bonds. The van der Waals surface area contributed by atoms with E-state index in [4.69, 9.17) is 0 Å². The van der Waals surface area contributed by atoms with Gasteiger partial charge in [0.15, 0.2) is 0 Å². The summed E-state index contributed by atoms with van der Waals surface area (Å²) in [4.78, 5) is 11.8. The number of carbonyl (C=O) groups excluding carboxylic acids is 1. The Morgan fingerprint density at radius 1 is 1.50 bits per heavy atom. The minimum atomic E-state index is 0.102. The second-order valence-corrected chi connectivity index (χ2v) is 4.89. The van der Waals surface area contributed by atoms with Gasteiger partial charge in [0, 0.05) is 16.8 Å². The Morgan fingerprint density at radius 3 is 2.58 bits per heavy atom. The van der Waals surface area contributed by atoms with Crippen molar-refractivity contribution in [3.63, 3.8) is 0 Å². The number of rotatable bonds is 2. The van der Waals surface area contributed by atoms with Gasteiger partial charge in [0.05, 0.1) is 0 Å². The Balaban J connectivity index is 2.35. The number of hydrogen-bond acceptors (Lipinski definition) is 1. The van der Waals surface area contributed by atoms with Crippen molar-refractivity contribution in [2.75, 3.05) is 0 Å². The highest BCUT2D eigenvalue weighted by Crippen LogP contribution is 2.25. The molecule has 0 radical (unpaired) electrons. The molecule has 12 heavy (non-hydrogen) atoms. The zero-order valence-corrected chi connectivity index (χ0v) is 9.23. The van der Waals surface area contributed by atoms with E-state index in [2.05, 4.69) is 21.2 Å². The minimum Gasteiger partial charge on any atom is -0.352 e. The summed E-state index contributed by atoms with van der Waals surface area (Å²) in [5.41, 5.74) is 0. The third-order valence-electron chi connectivity index (χ3n) is 2.28. The van der Waals surface area contributed by atoms with Gasteiger partial charge in [-0.15, -0.1) is 0 Å². The van der Waals surface area contributed by atoms with Crippen LogP contribution in [0, 0.1) is 5.92 Å². The molecule has 0 heterocycles. The van der Waals surface area contributed by atoms with Crippen LogP contribution in [0.1, 0.15) is 33.1 Å². The fourth-order valence-corrected chi connectivity index (χ4v) is 2.15. The van der Waals surface area contributed by atoms with E-state index in [-0.39, 0.29) is 11.8 Å². The van der Waals surface area contributed by atoms with Gasteiger partial charge in [-0.2, -0.15) is 0 Å². The average Bonchev–Trinajstić information content (AvgIpc) is 2.36. The fraction of sp³-hybridized carbons (Fsp3) is 0.889. The zero-order chi connectivity index (χ0) is 9.14. The largest absolute Gasteiger partial charge is 0.352 e. The standard InChI is InChI=1S/C9H16BrNO/c1-6(2)9(12)11-8-5-3-4-7(8)10/h6-8H,3-5H2,1-2H3,(H,11,12). The van der Waals surface area contributed by atoms with Gasteiger partial charge < -0.3 is 5.32 Å². The van der Waals surface area contributed by atoms with Gasteiger partial charge in [-0.05, 0) is 12.8 Å². The van der Waals surface area contributed by atoms with Crippen LogP contribution in [0.15, 0.2) is 0 Å². The Kier molecular flexibility index (Phi) is 3.56. The van der Waals surface area contributed by atoms with Gasteiger partial charge in [-0.25, -0.2) is 0 Å². The molecule has 0 aromatic carbocycles. The van der Waals surface area contributed by atoms with E-state index in [9.17, 15) is 4.79 Å². The molecular weight excluding hydrogens is 218 g/mol. The van der Waals surface area contributed by atoms with E-state index in [1.54, 1.807) is 0 Å². The molecule has 0 aromatic heterocycles. The molecule has 0 aromatic rings. The van der Waals surface area contributed by atoms with Crippen LogP contribution in [0.25, 0.3) is 0 Å². The van der Waals surface area contributed by atoms with E-state index in [1.807, 2.05) is 13.8 Å². The van der Waals surface area contributed by atoms with Gasteiger partial charge in [0.2, 0.25) is 5.91 Å². The summed E-state index contributed by atoms with van der Waals surface area (Å²) >= 11 is 3.57. The van der Waals surface area contributed by atoms with E-state index in [0.717, 1.165) is 6.42 Å². The number of alkyl halides is 1. The van der Waals surface area contributed by atoms with Crippen LogP contribution in [0.3, 0.4) is 0 Å². The predicted octanol–water partition coefficient (Wildman–Crippen LogP) is 2.07. The van der Waals surface area contributed by atoms with Crippen molar-refractivity contribution in [3.05, 3.63) is 0 Å². The molecule has 1 aliphatic rings. The summed E-state index contributed by atoms with van der Waals surface area (Å²) in [6.45, 7) is 3.85. The normalized spacial score (nSPS) is 29.3. The summed E-state index contributed by atoms with van der Waals surface area (Å²) in [7, 11) is 0. The maximum atomic E-state index is 11.3. The highest BCUT2D eigenvalue weighted by molar-refractivity contribution is 9.09. The monoisotopic (exact) mass is 233 g/mol. The Morgan fingerprint density at radius 2 is 2.17 bits per heavy atom. The van der Waals surface area contributed by atoms with Gasteiger partial charge in [-0.1, -0.05) is 36.2 Å². The van der Waals surface area contributed by atoms with E-state index >= 15 is 0 Å². The molecule has 70 valence electrons. The minimum absolute atomic E-state index is 0.102. The molecule has 2 nitrogen and oxygen atoms in total. The summed E-state index contributed by atoms with van der Waals surface area (Å²) in [6.07, 6.45) is 3.52. The summed E-state index contributed by atoms with van der Waals surface area (Å²) in [5.74, 6) is 0.275. The van der Waals surface area contributed by atoms with E-state index in [0.29, 0.717) is 10.9 Å². The first-order valence-electron chi connectivity index (χ1n) is 4.55. The van der Waals surface area contributed by atoms with Crippen molar-refractivity contribution in [2.45, 2.75) is 44.0 Å². The molecule has 0 bridgehead atoms. The first kappa shape index (κ1) is 10.0. The number of halogens is 1. The zero-order valence-electron chi connectivity index (χ0n) is 7.64. The lowest BCUT2D eigenvalue weighted by molar-refractivity contribution is -0.124. The third-order valence-corrected chi connectivity index (χ3v) is 3.38. The lowest BCUT2D eigenvalue weighted by atomic mass is 10.2. The summed E-state index contributed by atoms with van der Waals surface area (Å²) in [5, 5.41) is 3.04. The van der Waals surface area contributed by atoms with Crippen LogP contribution in [0.5, 0.6) is 0 Å². The number of carbonyl (C=O) groups is 1.